The van der Waals surface area contributed by atoms with Crippen molar-refractivity contribution in [1.29, 1.82) is 0 Å². The Bertz CT molecular complexity index is 578. The number of carbonyl (C=O) groups is 2. The zero-order valence-corrected chi connectivity index (χ0v) is 13.9. The average Bonchev–Trinajstić information content (AvgIpc) is 3.12. The number of amides is 2. The minimum atomic E-state index is -0.0989. The smallest absolute Gasteiger partial charge is 0.225 e. The lowest BCUT2D eigenvalue weighted by molar-refractivity contribution is -0.138. The van der Waals surface area contributed by atoms with E-state index in [9.17, 15) is 9.59 Å². The van der Waals surface area contributed by atoms with Crippen molar-refractivity contribution in [3.05, 3.63) is 25.3 Å². The van der Waals surface area contributed by atoms with Crippen molar-refractivity contribution in [1.82, 2.24) is 25.0 Å². The fourth-order valence-corrected chi connectivity index (χ4v) is 3.70. The number of carbonyl (C=O) groups excluding carboxylic acids is 2. The average molecular weight is 331 g/mol. The molecule has 0 unspecified atom stereocenters. The molecule has 1 N–H and O–H groups in total. The topological polar surface area (TPSA) is 80.1 Å². The molecule has 1 aliphatic carbocycles. The van der Waals surface area contributed by atoms with Gasteiger partial charge in [-0.1, -0.05) is 6.08 Å². The van der Waals surface area contributed by atoms with Crippen molar-refractivity contribution < 1.29 is 9.59 Å². The normalized spacial score (nSPS) is 27.8. The quantitative estimate of drug-likeness (QED) is 0.825. The second-order valence-electron chi connectivity index (χ2n) is 6.75. The Hall–Kier alpha value is -2.18. The van der Waals surface area contributed by atoms with Crippen LogP contribution in [0.4, 0.5) is 0 Å². The first-order chi connectivity index (χ1) is 11.7. The molecule has 0 radical (unpaired) electrons. The van der Waals surface area contributed by atoms with E-state index in [0.29, 0.717) is 32.0 Å². The summed E-state index contributed by atoms with van der Waals surface area (Å²) in [5.74, 6) is 0.107. The highest BCUT2D eigenvalue weighted by Crippen LogP contribution is 2.28. The molecule has 0 aromatic carbocycles. The Kier molecular flexibility index (Phi) is 5.27. The number of piperidine rings is 1. The number of nitrogens with one attached hydrogen (secondary N) is 1. The van der Waals surface area contributed by atoms with E-state index in [1.54, 1.807) is 23.6 Å². The van der Waals surface area contributed by atoms with Gasteiger partial charge in [0, 0.05) is 31.6 Å². The summed E-state index contributed by atoms with van der Waals surface area (Å²) in [6, 6.07) is 0.666. The highest BCUT2D eigenvalue weighted by molar-refractivity contribution is 5.84. The van der Waals surface area contributed by atoms with E-state index in [4.69, 9.17) is 0 Å². The van der Waals surface area contributed by atoms with E-state index < -0.39 is 0 Å². The molecule has 1 aliphatic heterocycles. The van der Waals surface area contributed by atoms with Gasteiger partial charge < -0.3 is 14.8 Å². The minimum absolute atomic E-state index is 0.0873. The van der Waals surface area contributed by atoms with Crippen LogP contribution in [0.2, 0.25) is 0 Å². The maximum absolute atomic E-state index is 12.5. The number of nitrogens with zero attached hydrogens (tertiary/aromatic N) is 4. The molecule has 1 aromatic heterocycles. The number of hydrogen-bond acceptors (Lipinski definition) is 4. The van der Waals surface area contributed by atoms with Gasteiger partial charge >= 0.3 is 0 Å². The second kappa shape index (κ2) is 7.59. The van der Waals surface area contributed by atoms with Crippen molar-refractivity contribution in [2.45, 2.75) is 50.6 Å². The van der Waals surface area contributed by atoms with E-state index in [2.05, 4.69) is 26.7 Å². The van der Waals surface area contributed by atoms with E-state index in [1.807, 2.05) is 0 Å². The Balaban J connectivity index is 1.47. The van der Waals surface area contributed by atoms with Gasteiger partial charge in [0.25, 0.3) is 0 Å². The molecule has 0 bridgehead atoms. The van der Waals surface area contributed by atoms with E-state index in [-0.39, 0.29) is 23.8 Å². The summed E-state index contributed by atoms with van der Waals surface area (Å²) in [6.45, 7) is 4.70. The van der Waals surface area contributed by atoms with Gasteiger partial charge in [0.1, 0.15) is 12.7 Å². The molecule has 2 fully saturated rings. The predicted octanol–water partition coefficient (Wildman–Crippen LogP) is 1.30. The number of hydrogen-bond donors (Lipinski definition) is 1. The van der Waals surface area contributed by atoms with Crippen molar-refractivity contribution in [2.24, 2.45) is 5.92 Å². The van der Waals surface area contributed by atoms with Crippen LogP contribution in [0.15, 0.2) is 25.3 Å². The Morgan fingerprint density at radius 2 is 1.96 bits per heavy atom. The molecule has 130 valence electrons. The van der Waals surface area contributed by atoms with Crippen LogP contribution in [0.25, 0.3) is 0 Å². The van der Waals surface area contributed by atoms with Gasteiger partial charge in [-0.05, 0) is 32.1 Å². The van der Waals surface area contributed by atoms with Crippen molar-refractivity contribution in [3.8, 4) is 0 Å². The molecule has 7 nitrogen and oxygen atoms in total. The zero-order chi connectivity index (χ0) is 16.9. The molecular formula is C17H25N5O2. The SMILES string of the molecule is C=CCN1C[C@H](C(=O)NC2CCC(n3cnnc3)CC2)CCC1=O. The van der Waals surface area contributed by atoms with Crippen molar-refractivity contribution in [3.63, 3.8) is 0 Å². The molecule has 1 atom stereocenters. The Morgan fingerprint density at radius 3 is 2.62 bits per heavy atom. The van der Waals surface area contributed by atoms with Crippen LogP contribution in [0, 0.1) is 5.92 Å². The van der Waals surface area contributed by atoms with E-state index >= 15 is 0 Å². The summed E-state index contributed by atoms with van der Waals surface area (Å²) in [5.41, 5.74) is 0. The monoisotopic (exact) mass is 331 g/mol. The zero-order valence-electron chi connectivity index (χ0n) is 13.9. The van der Waals surface area contributed by atoms with E-state index in [1.165, 1.54) is 0 Å². The van der Waals surface area contributed by atoms with Crippen LogP contribution in [0.1, 0.15) is 44.6 Å². The summed E-state index contributed by atoms with van der Waals surface area (Å²) in [4.78, 5) is 26.1. The Morgan fingerprint density at radius 1 is 1.25 bits per heavy atom. The van der Waals surface area contributed by atoms with Gasteiger partial charge in [-0.25, -0.2) is 0 Å². The number of likely N-dealkylation sites (tertiary alicyclic amines) is 1. The molecule has 1 saturated carbocycles. The summed E-state index contributed by atoms with van der Waals surface area (Å²) >= 11 is 0. The molecule has 3 rings (SSSR count). The lowest BCUT2D eigenvalue weighted by Gasteiger charge is -2.34. The Labute approximate surface area is 142 Å². The predicted molar refractivity (Wildman–Crippen MR) is 89.0 cm³/mol. The lowest BCUT2D eigenvalue weighted by atomic mass is 9.90. The third kappa shape index (κ3) is 3.83. The molecule has 1 aromatic rings. The van der Waals surface area contributed by atoms with E-state index in [0.717, 1.165) is 25.7 Å². The number of aromatic nitrogens is 3. The molecule has 7 heteroatoms. The van der Waals surface area contributed by atoms with Crippen molar-refractivity contribution in [2.75, 3.05) is 13.1 Å². The van der Waals surface area contributed by atoms with Gasteiger partial charge in [-0.15, -0.1) is 16.8 Å². The molecule has 2 heterocycles. The highest BCUT2D eigenvalue weighted by atomic mass is 16.2. The number of rotatable bonds is 5. The highest BCUT2D eigenvalue weighted by Gasteiger charge is 2.31. The third-order valence-corrected chi connectivity index (χ3v) is 5.12. The van der Waals surface area contributed by atoms with Crippen molar-refractivity contribution >= 4 is 11.8 Å². The third-order valence-electron chi connectivity index (χ3n) is 5.12. The summed E-state index contributed by atoms with van der Waals surface area (Å²) in [6.07, 6.45) is 10.3. The van der Waals surface area contributed by atoms with Crippen LogP contribution in [-0.4, -0.2) is 50.6 Å². The molecular weight excluding hydrogens is 306 g/mol. The molecule has 0 spiro atoms. The molecule has 1 saturated heterocycles. The van der Waals surface area contributed by atoms with Crippen LogP contribution < -0.4 is 5.32 Å². The second-order valence-corrected chi connectivity index (χ2v) is 6.75. The molecule has 2 aliphatic rings. The first-order valence-electron chi connectivity index (χ1n) is 8.70. The van der Waals surface area contributed by atoms with Gasteiger partial charge in [0.15, 0.2) is 0 Å². The first kappa shape index (κ1) is 16.7. The summed E-state index contributed by atoms with van der Waals surface area (Å²) in [7, 11) is 0. The minimum Gasteiger partial charge on any atom is -0.353 e. The van der Waals surface area contributed by atoms with Crippen LogP contribution in [0.3, 0.4) is 0 Å². The van der Waals surface area contributed by atoms with Crippen LogP contribution >= 0.6 is 0 Å². The van der Waals surface area contributed by atoms with Crippen LogP contribution in [-0.2, 0) is 9.59 Å². The standard InChI is InChI=1S/C17H25N5O2/c1-2-9-21-10-13(3-8-16(21)23)17(24)20-14-4-6-15(7-5-14)22-11-18-19-12-22/h2,11-15H,1,3-10H2,(H,20,24)/t13-,14?,15?/m1/s1. The van der Waals surface area contributed by atoms with Crippen LogP contribution in [0.5, 0.6) is 0 Å². The maximum Gasteiger partial charge on any atom is 0.225 e. The molecule has 2 amide bonds. The fraction of sp³-hybridized carbons (Fsp3) is 0.647. The van der Waals surface area contributed by atoms with Gasteiger partial charge in [0.2, 0.25) is 11.8 Å². The van der Waals surface area contributed by atoms with Gasteiger partial charge in [-0.3, -0.25) is 9.59 Å². The summed E-state index contributed by atoms with van der Waals surface area (Å²) < 4.78 is 2.05. The molecule has 24 heavy (non-hydrogen) atoms. The van der Waals surface area contributed by atoms with Gasteiger partial charge in [0.05, 0.1) is 5.92 Å². The first-order valence-corrected chi connectivity index (χ1v) is 8.70. The lowest BCUT2D eigenvalue weighted by Crippen LogP contribution is -2.48. The largest absolute Gasteiger partial charge is 0.353 e. The summed E-state index contributed by atoms with van der Waals surface area (Å²) in [5, 5.41) is 10.9. The maximum atomic E-state index is 12.5. The van der Waals surface area contributed by atoms with Gasteiger partial charge in [-0.2, -0.15) is 0 Å². The fourth-order valence-electron chi connectivity index (χ4n) is 3.70.